The fourth-order valence-electron chi connectivity index (χ4n) is 1.16. The lowest BCUT2D eigenvalue weighted by molar-refractivity contribution is 0.222. The number of nitrogens with zero attached hydrogens (tertiary/aromatic N) is 2. The van der Waals surface area contributed by atoms with Gasteiger partial charge in [0.15, 0.2) is 5.96 Å². The first-order valence-corrected chi connectivity index (χ1v) is 5.19. The van der Waals surface area contributed by atoms with Crippen LogP contribution >= 0.6 is 0 Å². The van der Waals surface area contributed by atoms with Crippen molar-refractivity contribution in [3.05, 3.63) is 35.9 Å². The van der Waals surface area contributed by atoms with Gasteiger partial charge in [0.1, 0.15) is 0 Å². The van der Waals surface area contributed by atoms with Crippen LogP contribution in [0.3, 0.4) is 0 Å². The third kappa shape index (κ3) is 4.12. The van der Waals surface area contributed by atoms with Gasteiger partial charge in [-0.1, -0.05) is 30.3 Å². The SMILES string of the molecule is CNNC(=O)N(C)C(N)=NCc1ccccc1. The third-order valence-corrected chi connectivity index (χ3v) is 2.15. The molecule has 0 fully saturated rings. The zero-order valence-corrected chi connectivity index (χ0v) is 9.97. The quantitative estimate of drug-likeness (QED) is 0.400. The van der Waals surface area contributed by atoms with Gasteiger partial charge in [-0.15, -0.1) is 0 Å². The molecule has 17 heavy (non-hydrogen) atoms. The largest absolute Gasteiger partial charge is 0.369 e. The van der Waals surface area contributed by atoms with E-state index in [-0.39, 0.29) is 12.0 Å². The molecule has 1 aromatic carbocycles. The van der Waals surface area contributed by atoms with E-state index in [0.29, 0.717) is 6.54 Å². The molecule has 0 aliphatic heterocycles. The molecule has 1 rings (SSSR count). The number of hydrogen-bond donors (Lipinski definition) is 3. The number of guanidine groups is 1. The Bertz CT molecular complexity index is 390. The fraction of sp³-hybridized carbons (Fsp3) is 0.273. The van der Waals surface area contributed by atoms with Crippen LogP contribution in [-0.2, 0) is 6.54 Å². The molecule has 1 aromatic rings. The minimum atomic E-state index is -0.359. The van der Waals surface area contributed by atoms with Gasteiger partial charge in [-0.05, 0) is 5.56 Å². The van der Waals surface area contributed by atoms with Gasteiger partial charge in [-0.25, -0.2) is 15.2 Å². The van der Waals surface area contributed by atoms with Crippen molar-refractivity contribution in [3.63, 3.8) is 0 Å². The molecule has 0 aromatic heterocycles. The van der Waals surface area contributed by atoms with Gasteiger partial charge < -0.3 is 5.73 Å². The van der Waals surface area contributed by atoms with Crippen LogP contribution in [0.2, 0.25) is 0 Å². The molecule has 0 heterocycles. The Morgan fingerprint density at radius 2 is 2.06 bits per heavy atom. The van der Waals surface area contributed by atoms with Crippen molar-refractivity contribution in [2.45, 2.75) is 6.54 Å². The molecule has 0 spiro atoms. The third-order valence-electron chi connectivity index (χ3n) is 2.15. The minimum absolute atomic E-state index is 0.168. The van der Waals surface area contributed by atoms with Crippen LogP contribution in [0, 0.1) is 0 Å². The molecule has 4 N–H and O–H groups in total. The molecule has 0 aliphatic rings. The van der Waals surface area contributed by atoms with E-state index < -0.39 is 0 Å². The zero-order valence-electron chi connectivity index (χ0n) is 9.97. The molecular weight excluding hydrogens is 218 g/mol. The van der Waals surface area contributed by atoms with Crippen molar-refractivity contribution in [2.24, 2.45) is 10.7 Å². The Balaban J connectivity index is 2.57. The highest BCUT2D eigenvalue weighted by molar-refractivity contribution is 5.94. The monoisotopic (exact) mass is 235 g/mol. The van der Waals surface area contributed by atoms with Crippen molar-refractivity contribution < 1.29 is 4.79 Å². The van der Waals surface area contributed by atoms with Crippen molar-refractivity contribution in [2.75, 3.05) is 14.1 Å². The van der Waals surface area contributed by atoms with Crippen LogP contribution in [0.1, 0.15) is 5.56 Å². The number of nitrogens with one attached hydrogen (secondary N) is 2. The van der Waals surface area contributed by atoms with Crippen LogP contribution in [0.5, 0.6) is 0 Å². The molecule has 0 saturated carbocycles. The zero-order chi connectivity index (χ0) is 12.7. The summed E-state index contributed by atoms with van der Waals surface area (Å²) in [6.07, 6.45) is 0. The van der Waals surface area contributed by atoms with Crippen molar-refractivity contribution in [1.29, 1.82) is 0 Å². The van der Waals surface area contributed by atoms with Gasteiger partial charge in [0.25, 0.3) is 0 Å². The first kappa shape index (κ1) is 13.0. The number of benzene rings is 1. The van der Waals surface area contributed by atoms with E-state index in [0.717, 1.165) is 5.56 Å². The summed E-state index contributed by atoms with van der Waals surface area (Å²) in [5.41, 5.74) is 11.6. The Labute approximate surface area is 100 Å². The van der Waals surface area contributed by atoms with Crippen molar-refractivity contribution in [1.82, 2.24) is 15.8 Å². The lowest BCUT2D eigenvalue weighted by atomic mass is 10.2. The van der Waals surface area contributed by atoms with E-state index >= 15 is 0 Å². The molecule has 0 unspecified atom stereocenters. The van der Waals surface area contributed by atoms with E-state index in [2.05, 4.69) is 15.8 Å². The van der Waals surface area contributed by atoms with Crippen LogP contribution in [0.25, 0.3) is 0 Å². The molecule has 6 nitrogen and oxygen atoms in total. The Morgan fingerprint density at radius 1 is 1.41 bits per heavy atom. The molecule has 0 atom stereocenters. The molecule has 0 radical (unpaired) electrons. The predicted octanol–water partition coefficient (Wildman–Crippen LogP) is 0.277. The molecule has 92 valence electrons. The average Bonchev–Trinajstić information content (AvgIpc) is 2.36. The first-order valence-electron chi connectivity index (χ1n) is 5.19. The first-order chi connectivity index (χ1) is 8.15. The summed E-state index contributed by atoms with van der Waals surface area (Å²) in [5.74, 6) is 0.168. The summed E-state index contributed by atoms with van der Waals surface area (Å²) in [6, 6.07) is 9.33. The molecular formula is C11H17N5O. The van der Waals surface area contributed by atoms with Gasteiger partial charge in [-0.2, -0.15) is 0 Å². The molecule has 2 amide bonds. The van der Waals surface area contributed by atoms with Crippen LogP contribution in [0.15, 0.2) is 35.3 Å². The summed E-state index contributed by atoms with van der Waals surface area (Å²) in [4.78, 5) is 16.8. The lowest BCUT2D eigenvalue weighted by Crippen LogP contribution is -2.48. The van der Waals surface area contributed by atoms with Gasteiger partial charge in [-0.3, -0.25) is 10.3 Å². The molecule has 6 heteroatoms. The Kier molecular flexibility index (Phi) is 4.96. The maximum Gasteiger partial charge on any atom is 0.338 e. The number of urea groups is 1. The summed E-state index contributed by atoms with van der Waals surface area (Å²) < 4.78 is 0. The highest BCUT2D eigenvalue weighted by atomic mass is 16.2. The smallest absolute Gasteiger partial charge is 0.338 e. The van der Waals surface area contributed by atoms with E-state index in [9.17, 15) is 4.79 Å². The minimum Gasteiger partial charge on any atom is -0.369 e. The predicted molar refractivity (Wildman–Crippen MR) is 67.1 cm³/mol. The maximum absolute atomic E-state index is 11.4. The van der Waals surface area contributed by atoms with Crippen LogP contribution < -0.4 is 16.6 Å². The number of carbonyl (C=O) groups is 1. The topological polar surface area (TPSA) is 82.8 Å². The Morgan fingerprint density at radius 3 is 2.65 bits per heavy atom. The summed E-state index contributed by atoms with van der Waals surface area (Å²) in [5, 5.41) is 0. The fourth-order valence-corrected chi connectivity index (χ4v) is 1.16. The number of amides is 2. The highest BCUT2D eigenvalue weighted by Gasteiger charge is 2.10. The summed E-state index contributed by atoms with van der Waals surface area (Å²) in [6.45, 7) is 0.448. The van der Waals surface area contributed by atoms with Crippen LogP contribution in [0.4, 0.5) is 4.79 Å². The van der Waals surface area contributed by atoms with Gasteiger partial charge >= 0.3 is 6.03 Å². The number of rotatable bonds is 3. The second-order valence-electron chi connectivity index (χ2n) is 3.40. The number of nitrogens with two attached hydrogens (primary N) is 1. The van der Waals surface area contributed by atoms with E-state index in [4.69, 9.17) is 5.73 Å². The second kappa shape index (κ2) is 6.49. The average molecular weight is 235 g/mol. The van der Waals surface area contributed by atoms with Crippen LogP contribution in [-0.4, -0.2) is 31.0 Å². The second-order valence-corrected chi connectivity index (χ2v) is 3.40. The van der Waals surface area contributed by atoms with E-state index in [1.54, 1.807) is 14.1 Å². The van der Waals surface area contributed by atoms with E-state index in [1.807, 2.05) is 30.3 Å². The Hall–Kier alpha value is -2.08. The lowest BCUT2D eigenvalue weighted by Gasteiger charge is -2.16. The molecule has 0 bridgehead atoms. The molecule has 0 aliphatic carbocycles. The molecule has 0 saturated heterocycles. The van der Waals surface area contributed by atoms with Gasteiger partial charge in [0.2, 0.25) is 0 Å². The number of aliphatic imine (C=N–C) groups is 1. The van der Waals surface area contributed by atoms with Gasteiger partial charge in [0.05, 0.1) is 6.54 Å². The standard InChI is InChI=1S/C11H17N5O/c1-13-15-11(17)16(2)10(12)14-8-9-6-4-3-5-7-9/h3-7,13H,8H2,1-2H3,(H2,12,14)(H,15,17). The summed E-state index contributed by atoms with van der Waals surface area (Å²) in [7, 11) is 3.15. The van der Waals surface area contributed by atoms with Gasteiger partial charge in [0, 0.05) is 14.1 Å². The number of hydrazine groups is 1. The normalized spacial score (nSPS) is 11.1. The maximum atomic E-state index is 11.4. The number of hydrogen-bond acceptors (Lipinski definition) is 3. The highest BCUT2D eigenvalue weighted by Crippen LogP contribution is 2.00. The number of carbonyl (C=O) groups excluding carboxylic acids is 1. The van der Waals surface area contributed by atoms with E-state index in [1.165, 1.54) is 4.90 Å². The summed E-state index contributed by atoms with van der Waals surface area (Å²) >= 11 is 0. The van der Waals surface area contributed by atoms with Crippen molar-refractivity contribution in [3.8, 4) is 0 Å². The van der Waals surface area contributed by atoms with Crippen molar-refractivity contribution >= 4 is 12.0 Å².